The van der Waals surface area contributed by atoms with Gasteiger partial charge in [-0.3, -0.25) is 4.79 Å². The Bertz CT molecular complexity index is 381. The number of rotatable bonds is 2. The SMILES string of the molecule is C[C]1[C](C)[C](C)[C](C(=O)c2ccccc2)[C]1C. The van der Waals surface area contributed by atoms with E-state index in [1.807, 2.05) is 44.2 Å². The first-order chi connectivity index (χ1) is 8.04. The minimum atomic E-state index is 0.136. The molecule has 0 aromatic heterocycles. The minimum absolute atomic E-state index is 0.136. The van der Waals surface area contributed by atoms with E-state index in [9.17, 15) is 4.79 Å². The highest BCUT2D eigenvalue weighted by Crippen LogP contribution is 2.53. The van der Waals surface area contributed by atoms with Gasteiger partial charge in [-0.2, -0.15) is 0 Å². The van der Waals surface area contributed by atoms with E-state index in [0.717, 1.165) is 23.3 Å². The molecule has 0 saturated heterocycles. The highest BCUT2D eigenvalue weighted by molar-refractivity contribution is 6.12. The minimum Gasteiger partial charge on any atom is -0.293 e. The Morgan fingerprint density at radius 1 is 0.765 bits per heavy atom. The molecule has 1 aliphatic carbocycles. The quantitative estimate of drug-likeness (QED) is 0.699. The van der Waals surface area contributed by atoms with Crippen molar-refractivity contribution in [1.29, 1.82) is 0 Å². The molecule has 1 saturated carbocycles. The van der Waals surface area contributed by atoms with Gasteiger partial charge in [0, 0.05) is 5.56 Å². The Morgan fingerprint density at radius 3 is 1.71 bits per heavy atom. The predicted octanol–water partition coefficient (Wildman–Crippen LogP) is 3.83. The maximum Gasteiger partial charge on any atom is 0.171 e. The Morgan fingerprint density at radius 2 is 1.24 bits per heavy atom. The fourth-order valence-corrected chi connectivity index (χ4v) is 2.29. The van der Waals surface area contributed by atoms with Crippen molar-refractivity contribution >= 4 is 5.78 Å². The van der Waals surface area contributed by atoms with Gasteiger partial charge in [0.1, 0.15) is 0 Å². The molecule has 17 heavy (non-hydrogen) atoms. The zero-order valence-electron chi connectivity index (χ0n) is 10.8. The average molecular weight is 225 g/mol. The first-order valence-corrected chi connectivity index (χ1v) is 5.86. The topological polar surface area (TPSA) is 17.1 Å². The lowest BCUT2D eigenvalue weighted by molar-refractivity contribution is 0.101. The third kappa shape index (κ3) is 2.03. The molecular weight excluding hydrogens is 208 g/mol. The van der Waals surface area contributed by atoms with Crippen LogP contribution in [0.3, 0.4) is 0 Å². The Balaban J connectivity index is 2.26. The van der Waals surface area contributed by atoms with Crippen molar-refractivity contribution in [1.82, 2.24) is 0 Å². The first-order valence-electron chi connectivity index (χ1n) is 5.86. The molecule has 0 bridgehead atoms. The van der Waals surface area contributed by atoms with Crippen molar-refractivity contribution in [2.24, 2.45) is 0 Å². The van der Waals surface area contributed by atoms with Crippen LogP contribution in [0.5, 0.6) is 0 Å². The fraction of sp³-hybridized carbons (Fsp3) is 0.250. The molecule has 1 aromatic rings. The van der Waals surface area contributed by atoms with Crippen molar-refractivity contribution in [3.05, 3.63) is 65.5 Å². The van der Waals surface area contributed by atoms with Crippen molar-refractivity contribution < 1.29 is 4.79 Å². The van der Waals surface area contributed by atoms with Crippen LogP contribution in [-0.4, -0.2) is 5.78 Å². The molecular formula is C16H17O. The van der Waals surface area contributed by atoms with Crippen LogP contribution in [0.4, 0.5) is 0 Å². The highest BCUT2D eigenvalue weighted by atomic mass is 16.1. The maximum atomic E-state index is 12.5. The summed E-state index contributed by atoms with van der Waals surface area (Å²) in [5, 5.41) is 0. The van der Waals surface area contributed by atoms with E-state index in [0.29, 0.717) is 0 Å². The third-order valence-electron chi connectivity index (χ3n) is 3.70. The highest BCUT2D eigenvalue weighted by Gasteiger charge is 2.47. The van der Waals surface area contributed by atoms with Crippen LogP contribution in [0.25, 0.3) is 0 Å². The monoisotopic (exact) mass is 225 g/mol. The molecule has 1 fully saturated rings. The van der Waals surface area contributed by atoms with Crippen molar-refractivity contribution in [3.8, 4) is 0 Å². The molecule has 0 heterocycles. The van der Waals surface area contributed by atoms with E-state index >= 15 is 0 Å². The summed E-state index contributed by atoms with van der Waals surface area (Å²) in [5.74, 6) is 5.73. The number of carbonyl (C=O) groups excluding carboxylic acids is 1. The first kappa shape index (κ1) is 12.3. The van der Waals surface area contributed by atoms with Gasteiger partial charge in [-0.15, -0.1) is 0 Å². The maximum absolute atomic E-state index is 12.5. The van der Waals surface area contributed by atoms with E-state index in [2.05, 4.69) is 13.8 Å². The molecule has 0 N–H and O–H groups in total. The molecule has 0 spiro atoms. The van der Waals surface area contributed by atoms with Crippen LogP contribution < -0.4 is 0 Å². The van der Waals surface area contributed by atoms with E-state index in [-0.39, 0.29) is 5.78 Å². The molecule has 0 unspecified atom stereocenters. The van der Waals surface area contributed by atoms with Gasteiger partial charge in [-0.1, -0.05) is 58.0 Å². The Labute approximate surface area is 104 Å². The molecule has 1 nitrogen and oxygen atoms in total. The van der Waals surface area contributed by atoms with Crippen LogP contribution in [0, 0.1) is 29.6 Å². The fourth-order valence-electron chi connectivity index (χ4n) is 2.29. The van der Waals surface area contributed by atoms with E-state index < -0.39 is 0 Å². The number of hydrogen-bond donors (Lipinski definition) is 0. The van der Waals surface area contributed by atoms with Gasteiger partial charge in [-0.05, 0) is 23.7 Å². The van der Waals surface area contributed by atoms with Gasteiger partial charge < -0.3 is 0 Å². The second-order valence-electron chi connectivity index (χ2n) is 4.57. The van der Waals surface area contributed by atoms with Crippen LogP contribution in [0.15, 0.2) is 30.3 Å². The van der Waals surface area contributed by atoms with E-state index in [1.165, 1.54) is 11.8 Å². The summed E-state index contributed by atoms with van der Waals surface area (Å²) in [7, 11) is 0. The van der Waals surface area contributed by atoms with Crippen LogP contribution in [-0.2, 0) is 0 Å². The lowest BCUT2D eigenvalue weighted by Gasteiger charge is -2.18. The summed E-state index contributed by atoms with van der Waals surface area (Å²) in [6.07, 6.45) is 0. The zero-order valence-corrected chi connectivity index (χ0v) is 10.8. The second kappa shape index (κ2) is 4.64. The summed E-state index contributed by atoms with van der Waals surface area (Å²) < 4.78 is 0. The largest absolute Gasteiger partial charge is 0.293 e. The van der Waals surface area contributed by atoms with Gasteiger partial charge >= 0.3 is 0 Å². The third-order valence-corrected chi connectivity index (χ3v) is 3.70. The number of Topliss-reactive ketones (excluding diaryl/α,β-unsaturated/α-hetero) is 1. The molecule has 1 aromatic carbocycles. The summed E-state index contributed by atoms with van der Waals surface area (Å²) in [5.41, 5.74) is 0.767. The van der Waals surface area contributed by atoms with Crippen molar-refractivity contribution in [2.75, 3.05) is 0 Å². The molecule has 87 valence electrons. The molecule has 5 radical (unpaired) electrons. The molecule has 1 heteroatoms. The normalized spacial score (nSPS) is 21.2. The van der Waals surface area contributed by atoms with Crippen molar-refractivity contribution in [3.63, 3.8) is 0 Å². The van der Waals surface area contributed by atoms with Crippen LogP contribution >= 0.6 is 0 Å². The average Bonchev–Trinajstić information content (AvgIpc) is 2.54. The molecule has 1 aliphatic rings. The number of hydrogen-bond acceptors (Lipinski definition) is 1. The summed E-state index contributed by atoms with van der Waals surface area (Å²) >= 11 is 0. The Hall–Kier alpha value is -1.11. The van der Waals surface area contributed by atoms with Crippen molar-refractivity contribution in [2.45, 2.75) is 27.7 Å². The summed E-state index contributed by atoms with van der Waals surface area (Å²) in [4.78, 5) is 12.5. The number of carbonyl (C=O) groups is 1. The molecule has 2 rings (SSSR count). The summed E-state index contributed by atoms with van der Waals surface area (Å²) in [6, 6.07) is 9.48. The van der Waals surface area contributed by atoms with E-state index in [4.69, 9.17) is 0 Å². The molecule has 0 atom stereocenters. The van der Waals surface area contributed by atoms with Gasteiger partial charge in [0.15, 0.2) is 5.78 Å². The summed E-state index contributed by atoms with van der Waals surface area (Å²) in [6.45, 7) is 8.23. The predicted molar refractivity (Wildman–Crippen MR) is 69.7 cm³/mol. The zero-order chi connectivity index (χ0) is 12.6. The van der Waals surface area contributed by atoms with Gasteiger partial charge in [-0.25, -0.2) is 0 Å². The molecule has 0 amide bonds. The lowest BCUT2D eigenvalue weighted by Crippen LogP contribution is -2.19. The van der Waals surface area contributed by atoms with Gasteiger partial charge in [0.05, 0.1) is 5.92 Å². The smallest absolute Gasteiger partial charge is 0.171 e. The number of benzene rings is 1. The molecule has 0 aliphatic heterocycles. The standard InChI is InChI=1S/C16H17O/c1-10-11(2)13(4)15(12(10)3)16(17)14-8-6-5-7-9-14/h5-9H,1-4H3. The Kier molecular flexibility index (Phi) is 3.37. The second-order valence-corrected chi connectivity index (χ2v) is 4.57. The lowest BCUT2D eigenvalue weighted by atomic mass is 9.83. The van der Waals surface area contributed by atoms with Gasteiger partial charge in [0.2, 0.25) is 0 Å². The van der Waals surface area contributed by atoms with Gasteiger partial charge in [0.25, 0.3) is 0 Å². The number of ketones is 1. The van der Waals surface area contributed by atoms with Crippen LogP contribution in [0.1, 0.15) is 38.1 Å². The van der Waals surface area contributed by atoms with E-state index in [1.54, 1.807) is 0 Å². The van der Waals surface area contributed by atoms with Crippen LogP contribution in [0.2, 0.25) is 0 Å².